The van der Waals surface area contributed by atoms with Crippen molar-refractivity contribution in [1.82, 2.24) is 0 Å². The van der Waals surface area contributed by atoms with Crippen molar-refractivity contribution in [1.29, 1.82) is 0 Å². The van der Waals surface area contributed by atoms with Gasteiger partial charge in [0.1, 0.15) is 12.4 Å². The van der Waals surface area contributed by atoms with Crippen molar-refractivity contribution in [2.24, 2.45) is 5.16 Å². The maximum Gasteiger partial charge on any atom is 0.128 e. The summed E-state index contributed by atoms with van der Waals surface area (Å²) in [4.78, 5) is 0. The fourth-order valence-corrected chi connectivity index (χ4v) is 2.15. The predicted octanol–water partition coefficient (Wildman–Crippen LogP) is 4.62. The van der Waals surface area contributed by atoms with Crippen LogP contribution in [0.2, 0.25) is 0 Å². The standard InChI is InChI=1S/C16H16BrNO2/c1-2-15(18-19)14-5-3-4-6-16(14)20-11-12-7-9-13(17)10-8-12/h3-10,19H,2,11H2,1H3/b18-15+. The molecule has 0 atom stereocenters. The minimum absolute atomic E-state index is 0.479. The van der Waals surface area contributed by atoms with Crippen molar-refractivity contribution in [3.05, 3.63) is 64.1 Å². The number of benzene rings is 2. The molecule has 2 aromatic rings. The summed E-state index contributed by atoms with van der Waals surface area (Å²) in [7, 11) is 0. The van der Waals surface area contributed by atoms with E-state index in [0.717, 1.165) is 21.3 Å². The second-order valence-corrected chi connectivity index (χ2v) is 5.23. The van der Waals surface area contributed by atoms with Gasteiger partial charge in [-0.15, -0.1) is 0 Å². The molecule has 0 aromatic heterocycles. The highest BCUT2D eigenvalue weighted by Crippen LogP contribution is 2.21. The predicted molar refractivity (Wildman–Crippen MR) is 83.5 cm³/mol. The van der Waals surface area contributed by atoms with E-state index < -0.39 is 0 Å². The Kier molecular flexibility index (Phi) is 5.18. The highest BCUT2D eigenvalue weighted by molar-refractivity contribution is 9.10. The molecule has 0 radical (unpaired) electrons. The molecule has 20 heavy (non-hydrogen) atoms. The Morgan fingerprint density at radius 2 is 1.85 bits per heavy atom. The normalized spacial score (nSPS) is 11.4. The fraction of sp³-hybridized carbons (Fsp3) is 0.188. The number of oxime groups is 1. The van der Waals surface area contributed by atoms with Crippen LogP contribution in [0.3, 0.4) is 0 Å². The zero-order valence-electron chi connectivity index (χ0n) is 11.2. The summed E-state index contributed by atoms with van der Waals surface area (Å²) < 4.78 is 6.88. The zero-order valence-corrected chi connectivity index (χ0v) is 12.8. The molecule has 2 aromatic carbocycles. The van der Waals surface area contributed by atoms with E-state index >= 15 is 0 Å². The molecule has 1 N–H and O–H groups in total. The molecule has 0 unspecified atom stereocenters. The van der Waals surface area contributed by atoms with Gasteiger partial charge in [-0.05, 0) is 36.2 Å². The summed E-state index contributed by atoms with van der Waals surface area (Å²) in [5.74, 6) is 0.727. The maximum absolute atomic E-state index is 9.05. The van der Waals surface area contributed by atoms with Gasteiger partial charge in [0.2, 0.25) is 0 Å². The molecule has 0 aliphatic rings. The van der Waals surface area contributed by atoms with Crippen LogP contribution in [0.5, 0.6) is 5.75 Å². The largest absolute Gasteiger partial charge is 0.488 e. The molecule has 0 aliphatic heterocycles. The van der Waals surface area contributed by atoms with Crippen LogP contribution in [0.1, 0.15) is 24.5 Å². The summed E-state index contributed by atoms with van der Waals surface area (Å²) in [5, 5.41) is 12.4. The Morgan fingerprint density at radius 1 is 1.15 bits per heavy atom. The van der Waals surface area contributed by atoms with E-state index in [2.05, 4.69) is 21.1 Å². The molecule has 0 aliphatic carbocycles. The molecule has 0 fully saturated rings. The molecule has 4 heteroatoms. The first-order valence-electron chi connectivity index (χ1n) is 6.42. The minimum atomic E-state index is 0.479. The lowest BCUT2D eigenvalue weighted by molar-refractivity contribution is 0.303. The monoisotopic (exact) mass is 333 g/mol. The minimum Gasteiger partial charge on any atom is -0.488 e. The van der Waals surface area contributed by atoms with Crippen LogP contribution < -0.4 is 4.74 Å². The van der Waals surface area contributed by atoms with E-state index in [4.69, 9.17) is 9.94 Å². The SMILES string of the molecule is CC/C(=N\O)c1ccccc1OCc1ccc(Br)cc1. The van der Waals surface area contributed by atoms with Crippen LogP contribution in [0.15, 0.2) is 58.2 Å². The average Bonchev–Trinajstić information content (AvgIpc) is 2.49. The van der Waals surface area contributed by atoms with Gasteiger partial charge < -0.3 is 9.94 Å². The van der Waals surface area contributed by atoms with Gasteiger partial charge >= 0.3 is 0 Å². The molecule has 0 bridgehead atoms. The van der Waals surface area contributed by atoms with Crippen molar-refractivity contribution in [3.8, 4) is 5.75 Å². The van der Waals surface area contributed by atoms with Gasteiger partial charge in [0.05, 0.1) is 5.71 Å². The second-order valence-electron chi connectivity index (χ2n) is 4.31. The Bertz CT molecular complexity index is 594. The van der Waals surface area contributed by atoms with E-state index in [1.165, 1.54) is 0 Å². The second kappa shape index (κ2) is 7.10. The molecule has 0 heterocycles. The molecule has 2 rings (SSSR count). The number of nitrogens with zero attached hydrogens (tertiary/aromatic N) is 1. The Balaban J connectivity index is 2.15. The first-order chi connectivity index (χ1) is 9.74. The van der Waals surface area contributed by atoms with Crippen LogP contribution in [-0.4, -0.2) is 10.9 Å². The van der Waals surface area contributed by atoms with Crippen molar-refractivity contribution < 1.29 is 9.94 Å². The summed E-state index contributed by atoms with van der Waals surface area (Å²) in [6.45, 7) is 2.42. The average molecular weight is 334 g/mol. The van der Waals surface area contributed by atoms with Crippen molar-refractivity contribution in [2.45, 2.75) is 20.0 Å². The Hall–Kier alpha value is -1.81. The lowest BCUT2D eigenvalue weighted by Gasteiger charge is -2.11. The summed E-state index contributed by atoms with van der Waals surface area (Å²) in [5.41, 5.74) is 2.54. The lowest BCUT2D eigenvalue weighted by Crippen LogP contribution is -2.04. The molecule has 104 valence electrons. The van der Waals surface area contributed by atoms with Crippen LogP contribution >= 0.6 is 15.9 Å². The summed E-state index contributed by atoms with van der Waals surface area (Å²) >= 11 is 3.41. The lowest BCUT2D eigenvalue weighted by atomic mass is 10.1. The number of hydrogen-bond acceptors (Lipinski definition) is 3. The molecular formula is C16H16BrNO2. The number of para-hydroxylation sites is 1. The van der Waals surface area contributed by atoms with Gasteiger partial charge in [-0.2, -0.15) is 0 Å². The molecule has 0 saturated carbocycles. The highest BCUT2D eigenvalue weighted by Gasteiger charge is 2.09. The third-order valence-electron chi connectivity index (χ3n) is 2.96. The van der Waals surface area contributed by atoms with Gasteiger partial charge in [-0.3, -0.25) is 0 Å². The van der Waals surface area contributed by atoms with Crippen molar-refractivity contribution in [2.75, 3.05) is 0 Å². The molecule has 0 saturated heterocycles. The van der Waals surface area contributed by atoms with Crippen LogP contribution in [0, 0.1) is 0 Å². The third kappa shape index (κ3) is 3.61. The van der Waals surface area contributed by atoms with E-state index in [-0.39, 0.29) is 0 Å². The number of rotatable bonds is 5. The van der Waals surface area contributed by atoms with Gasteiger partial charge in [0, 0.05) is 10.0 Å². The fourth-order valence-electron chi connectivity index (χ4n) is 1.89. The van der Waals surface area contributed by atoms with Gasteiger partial charge in [0.15, 0.2) is 0 Å². The summed E-state index contributed by atoms with van der Waals surface area (Å²) in [6.07, 6.45) is 0.648. The third-order valence-corrected chi connectivity index (χ3v) is 3.49. The topological polar surface area (TPSA) is 41.8 Å². The van der Waals surface area contributed by atoms with Crippen LogP contribution in [-0.2, 0) is 6.61 Å². The Morgan fingerprint density at radius 3 is 2.50 bits per heavy atom. The van der Waals surface area contributed by atoms with Gasteiger partial charge in [-0.1, -0.05) is 52.3 Å². The van der Waals surface area contributed by atoms with Crippen LogP contribution in [0.25, 0.3) is 0 Å². The maximum atomic E-state index is 9.05. The number of hydrogen-bond donors (Lipinski definition) is 1. The van der Waals surface area contributed by atoms with E-state index in [1.807, 2.05) is 55.5 Å². The summed E-state index contributed by atoms with van der Waals surface area (Å²) in [6, 6.07) is 15.6. The first-order valence-corrected chi connectivity index (χ1v) is 7.21. The molecule has 0 spiro atoms. The first kappa shape index (κ1) is 14.6. The van der Waals surface area contributed by atoms with Crippen molar-refractivity contribution >= 4 is 21.6 Å². The van der Waals surface area contributed by atoms with Crippen LogP contribution in [0.4, 0.5) is 0 Å². The number of ether oxygens (including phenoxy) is 1. The van der Waals surface area contributed by atoms with E-state index in [9.17, 15) is 0 Å². The molecule has 3 nitrogen and oxygen atoms in total. The van der Waals surface area contributed by atoms with Gasteiger partial charge in [0.25, 0.3) is 0 Å². The molecular weight excluding hydrogens is 318 g/mol. The van der Waals surface area contributed by atoms with E-state index in [0.29, 0.717) is 18.7 Å². The number of halogens is 1. The van der Waals surface area contributed by atoms with E-state index in [1.54, 1.807) is 0 Å². The quantitative estimate of drug-likeness (QED) is 0.493. The smallest absolute Gasteiger partial charge is 0.128 e. The van der Waals surface area contributed by atoms with Crippen molar-refractivity contribution in [3.63, 3.8) is 0 Å². The Labute approximate surface area is 127 Å². The molecule has 0 amide bonds. The zero-order chi connectivity index (χ0) is 14.4. The highest BCUT2D eigenvalue weighted by atomic mass is 79.9. The van der Waals surface area contributed by atoms with Gasteiger partial charge in [-0.25, -0.2) is 0 Å².